The van der Waals surface area contributed by atoms with Gasteiger partial charge < -0.3 is 4.90 Å². The van der Waals surface area contributed by atoms with Gasteiger partial charge in [-0.1, -0.05) is 0 Å². The molecule has 0 bridgehead atoms. The Hall–Kier alpha value is -1.23. The van der Waals surface area contributed by atoms with Crippen LogP contribution in [0.3, 0.4) is 0 Å². The number of amides is 1. The minimum atomic E-state index is -0.0336. The molecule has 5 heteroatoms. The molecule has 1 aromatic heterocycles. The molecule has 1 saturated carbocycles. The molecule has 0 radical (unpaired) electrons. The average molecular weight is 252 g/mol. The first kappa shape index (κ1) is 12.2. The fourth-order valence-corrected chi connectivity index (χ4v) is 2.71. The van der Waals surface area contributed by atoms with E-state index in [4.69, 9.17) is 0 Å². The van der Waals surface area contributed by atoms with Crippen molar-refractivity contribution in [2.45, 2.75) is 38.6 Å². The Morgan fingerprint density at radius 3 is 2.65 bits per heavy atom. The number of thiazole rings is 1. The van der Waals surface area contributed by atoms with Gasteiger partial charge in [-0.15, -0.1) is 11.3 Å². The molecule has 1 amide bonds. The number of aryl methyl sites for hydroxylation is 1. The average Bonchev–Trinajstić information content (AvgIpc) is 2.75. The number of hydrogen-bond acceptors (Lipinski definition) is 4. The molecule has 4 nitrogen and oxygen atoms in total. The lowest BCUT2D eigenvalue weighted by atomic mass is 9.93. The third-order valence-corrected chi connectivity index (χ3v) is 3.99. The van der Waals surface area contributed by atoms with Crippen LogP contribution in [0.5, 0.6) is 0 Å². The van der Waals surface area contributed by atoms with Gasteiger partial charge in [0.25, 0.3) is 5.91 Å². The van der Waals surface area contributed by atoms with E-state index in [9.17, 15) is 9.59 Å². The van der Waals surface area contributed by atoms with Crippen molar-refractivity contribution in [3.05, 3.63) is 16.1 Å². The second-order valence-corrected chi connectivity index (χ2v) is 5.50. The maximum atomic E-state index is 12.1. The fraction of sp³-hybridized carbons (Fsp3) is 0.583. The van der Waals surface area contributed by atoms with Crippen molar-refractivity contribution in [1.29, 1.82) is 0 Å². The first-order chi connectivity index (χ1) is 8.08. The largest absolute Gasteiger partial charge is 0.337 e. The number of rotatable bonds is 2. The van der Waals surface area contributed by atoms with E-state index < -0.39 is 0 Å². The Labute approximate surface area is 105 Å². The lowest BCUT2D eigenvalue weighted by Crippen LogP contribution is -2.39. The molecule has 0 saturated heterocycles. The molecular formula is C12H16N2O2S. The van der Waals surface area contributed by atoms with Crippen molar-refractivity contribution in [1.82, 2.24) is 9.88 Å². The van der Waals surface area contributed by atoms with Gasteiger partial charge in [0, 0.05) is 31.3 Å². The molecule has 0 unspecified atom stereocenters. The van der Waals surface area contributed by atoms with Crippen molar-refractivity contribution in [3.63, 3.8) is 0 Å². The summed E-state index contributed by atoms with van der Waals surface area (Å²) in [6.07, 6.45) is 2.76. The zero-order valence-corrected chi connectivity index (χ0v) is 10.9. The van der Waals surface area contributed by atoms with Gasteiger partial charge in [-0.05, 0) is 19.8 Å². The van der Waals surface area contributed by atoms with Crippen LogP contribution in [0.2, 0.25) is 0 Å². The molecule has 1 aliphatic rings. The van der Waals surface area contributed by atoms with E-state index >= 15 is 0 Å². The Morgan fingerprint density at radius 1 is 1.47 bits per heavy atom. The Bertz CT molecular complexity index is 431. The van der Waals surface area contributed by atoms with Gasteiger partial charge in [0.2, 0.25) is 0 Å². The van der Waals surface area contributed by atoms with Crippen molar-refractivity contribution < 1.29 is 9.59 Å². The fourth-order valence-electron chi connectivity index (χ4n) is 2.12. The molecule has 0 N–H and O–H groups in total. The Morgan fingerprint density at radius 2 is 2.12 bits per heavy atom. The summed E-state index contributed by atoms with van der Waals surface area (Å²) in [5, 5.41) is 2.70. The Balaban J connectivity index is 2.02. The highest BCUT2D eigenvalue weighted by Gasteiger charge is 2.26. The predicted octanol–water partition coefficient (Wildman–Crippen LogP) is 2.04. The minimum Gasteiger partial charge on any atom is -0.337 e. The summed E-state index contributed by atoms with van der Waals surface area (Å²) in [6, 6.07) is 0.183. The number of carbonyl (C=O) groups is 2. The number of hydrogen-bond donors (Lipinski definition) is 0. The molecule has 0 atom stereocenters. The SMILES string of the molecule is Cc1nc(C(=O)N(C)C2CCC(=O)CC2)cs1. The van der Waals surface area contributed by atoms with Crippen LogP contribution in [-0.2, 0) is 4.79 Å². The van der Waals surface area contributed by atoms with Crippen LogP contribution in [0.1, 0.15) is 41.2 Å². The van der Waals surface area contributed by atoms with Gasteiger partial charge in [0.15, 0.2) is 0 Å². The molecule has 0 aromatic carbocycles. The molecule has 2 rings (SSSR count). The van der Waals surface area contributed by atoms with Crippen LogP contribution in [0, 0.1) is 6.92 Å². The molecule has 17 heavy (non-hydrogen) atoms. The summed E-state index contributed by atoms with van der Waals surface area (Å²) in [6.45, 7) is 1.89. The predicted molar refractivity (Wildman–Crippen MR) is 66.2 cm³/mol. The standard InChI is InChI=1S/C12H16N2O2S/c1-8-13-11(7-17-8)12(16)14(2)9-3-5-10(15)6-4-9/h7,9H,3-6H2,1-2H3. The van der Waals surface area contributed by atoms with E-state index in [0.29, 0.717) is 24.3 Å². The van der Waals surface area contributed by atoms with Gasteiger partial charge in [-0.2, -0.15) is 0 Å². The number of Topliss-reactive ketones (excluding diaryl/α,β-unsaturated/α-hetero) is 1. The zero-order chi connectivity index (χ0) is 12.4. The third kappa shape index (κ3) is 2.72. The van der Waals surface area contributed by atoms with Crippen LogP contribution < -0.4 is 0 Å². The molecule has 1 aromatic rings. The van der Waals surface area contributed by atoms with E-state index in [-0.39, 0.29) is 11.9 Å². The lowest BCUT2D eigenvalue weighted by molar-refractivity contribution is -0.121. The van der Waals surface area contributed by atoms with E-state index in [1.165, 1.54) is 11.3 Å². The van der Waals surface area contributed by atoms with Crippen molar-refractivity contribution in [2.24, 2.45) is 0 Å². The second kappa shape index (κ2) is 4.96. The van der Waals surface area contributed by atoms with E-state index in [1.54, 1.807) is 17.3 Å². The first-order valence-electron chi connectivity index (χ1n) is 5.79. The van der Waals surface area contributed by atoms with Crippen LogP contribution in [0.4, 0.5) is 0 Å². The van der Waals surface area contributed by atoms with Crippen LogP contribution >= 0.6 is 11.3 Å². The van der Waals surface area contributed by atoms with Crippen molar-refractivity contribution >= 4 is 23.0 Å². The molecule has 1 heterocycles. The first-order valence-corrected chi connectivity index (χ1v) is 6.67. The van der Waals surface area contributed by atoms with Crippen LogP contribution in [0.25, 0.3) is 0 Å². The molecule has 92 valence electrons. The number of aromatic nitrogens is 1. The smallest absolute Gasteiger partial charge is 0.273 e. The highest BCUT2D eigenvalue weighted by molar-refractivity contribution is 7.09. The maximum Gasteiger partial charge on any atom is 0.273 e. The third-order valence-electron chi connectivity index (χ3n) is 3.22. The molecule has 1 fully saturated rings. The van der Waals surface area contributed by atoms with Gasteiger partial charge in [-0.25, -0.2) is 4.98 Å². The monoisotopic (exact) mass is 252 g/mol. The van der Waals surface area contributed by atoms with Crippen molar-refractivity contribution in [2.75, 3.05) is 7.05 Å². The van der Waals surface area contributed by atoms with Gasteiger partial charge in [0.1, 0.15) is 11.5 Å². The quantitative estimate of drug-likeness (QED) is 0.809. The number of nitrogens with zero attached hydrogens (tertiary/aromatic N) is 2. The Kier molecular flexibility index (Phi) is 3.57. The number of ketones is 1. The zero-order valence-electron chi connectivity index (χ0n) is 10.1. The topological polar surface area (TPSA) is 50.3 Å². The summed E-state index contributed by atoms with van der Waals surface area (Å²) in [7, 11) is 1.80. The van der Waals surface area contributed by atoms with Gasteiger partial charge in [0.05, 0.1) is 5.01 Å². The second-order valence-electron chi connectivity index (χ2n) is 4.44. The summed E-state index contributed by atoms with van der Waals surface area (Å²) < 4.78 is 0. The highest BCUT2D eigenvalue weighted by Crippen LogP contribution is 2.21. The summed E-state index contributed by atoms with van der Waals surface area (Å²) in [5.74, 6) is 0.278. The van der Waals surface area contributed by atoms with Crippen LogP contribution in [0.15, 0.2) is 5.38 Å². The lowest BCUT2D eigenvalue weighted by Gasteiger charge is -2.30. The molecule has 1 aliphatic carbocycles. The van der Waals surface area contributed by atoms with Crippen molar-refractivity contribution in [3.8, 4) is 0 Å². The van der Waals surface area contributed by atoms with E-state index in [1.807, 2.05) is 6.92 Å². The summed E-state index contributed by atoms with van der Waals surface area (Å²) in [5.41, 5.74) is 0.520. The molecule has 0 spiro atoms. The van der Waals surface area contributed by atoms with Gasteiger partial charge in [-0.3, -0.25) is 9.59 Å². The normalized spacial score (nSPS) is 17.2. The minimum absolute atomic E-state index is 0.0336. The highest BCUT2D eigenvalue weighted by atomic mass is 32.1. The molecule has 0 aliphatic heterocycles. The van der Waals surface area contributed by atoms with E-state index in [2.05, 4.69) is 4.98 Å². The van der Waals surface area contributed by atoms with E-state index in [0.717, 1.165) is 17.8 Å². The van der Waals surface area contributed by atoms with Gasteiger partial charge >= 0.3 is 0 Å². The molecular weight excluding hydrogens is 236 g/mol. The maximum absolute atomic E-state index is 12.1. The van der Waals surface area contributed by atoms with Crippen LogP contribution in [-0.4, -0.2) is 34.7 Å². The summed E-state index contributed by atoms with van der Waals surface area (Å²) in [4.78, 5) is 29.2. The summed E-state index contributed by atoms with van der Waals surface area (Å²) >= 11 is 1.48. The number of carbonyl (C=O) groups excluding carboxylic acids is 2.